The highest BCUT2D eigenvalue weighted by atomic mass is 14.1. The monoisotopic (exact) mass is 324 g/mol. The van der Waals surface area contributed by atoms with Gasteiger partial charge in [-0.2, -0.15) is 0 Å². The molecule has 3 aromatic rings. The lowest BCUT2D eigenvalue weighted by Gasteiger charge is -2.13. The summed E-state index contributed by atoms with van der Waals surface area (Å²) in [6.45, 7) is 2.10. The van der Waals surface area contributed by atoms with Crippen LogP contribution in [0.1, 0.15) is 41.2 Å². The zero-order valence-corrected chi connectivity index (χ0v) is 14.8. The second-order valence-electron chi connectivity index (χ2n) is 6.25. The van der Waals surface area contributed by atoms with Gasteiger partial charge in [0.2, 0.25) is 0 Å². The quantitative estimate of drug-likeness (QED) is 0.518. The Bertz CT molecular complexity index is 849. The SMILES string of the molecule is CCC#Cc1cccc(CCc2ccccc2)c1Cc1ccccc1. The predicted octanol–water partition coefficient (Wildman–Crippen LogP) is 5.82. The van der Waals surface area contributed by atoms with Crippen LogP contribution in [0.15, 0.2) is 78.9 Å². The standard InChI is InChI=1S/C25H24/c1-2-3-15-23-16-10-17-24(19-18-21-11-6-4-7-12-21)25(23)20-22-13-8-5-9-14-22/h4-14,16-17H,2,18-20H2,1H3. The maximum Gasteiger partial charge on any atom is 0.0283 e. The molecule has 0 fully saturated rings. The number of hydrogen-bond donors (Lipinski definition) is 0. The van der Waals surface area contributed by atoms with Gasteiger partial charge in [-0.05, 0) is 47.6 Å². The Kier molecular flexibility index (Phi) is 6.07. The zero-order valence-electron chi connectivity index (χ0n) is 14.8. The van der Waals surface area contributed by atoms with Gasteiger partial charge in [0, 0.05) is 12.0 Å². The van der Waals surface area contributed by atoms with E-state index in [9.17, 15) is 0 Å². The maximum atomic E-state index is 3.37. The molecule has 3 rings (SSSR count). The van der Waals surface area contributed by atoms with E-state index in [-0.39, 0.29) is 0 Å². The Morgan fingerprint density at radius 2 is 1.36 bits per heavy atom. The fraction of sp³-hybridized carbons (Fsp3) is 0.200. The van der Waals surface area contributed by atoms with Crippen LogP contribution < -0.4 is 0 Å². The zero-order chi connectivity index (χ0) is 17.3. The molecule has 0 nitrogen and oxygen atoms in total. The van der Waals surface area contributed by atoms with Crippen LogP contribution in [-0.2, 0) is 19.3 Å². The van der Waals surface area contributed by atoms with Crippen LogP contribution in [0.2, 0.25) is 0 Å². The number of hydrogen-bond acceptors (Lipinski definition) is 0. The summed E-state index contributed by atoms with van der Waals surface area (Å²) < 4.78 is 0. The van der Waals surface area contributed by atoms with E-state index in [2.05, 4.69) is 97.6 Å². The minimum absolute atomic E-state index is 0.888. The van der Waals surface area contributed by atoms with Crippen LogP contribution in [0.5, 0.6) is 0 Å². The molecule has 0 unspecified atom stereocenters. The molecule has 3 aromatic carbocycles. The van der Waals surface area contributed by atoms with E-state index >= 15 is 0 Å². The second kappa shape index (κ2) is 8.90. The van der Waals surface area contributed by atoms with E-state index < -0.39 is 0 Å². The van der Waals surface area contributed by atoms with Crippen molar-refractivity contribution in [3.8, 4) is 11.8 Å². The van der Waals surface area contributed by atoms with Crippen molar-refractivity contribution < 1.29 is 0 Å². The summed E-state index contributed by atoms with van der Waals surface area (Å²) in [5, 5.41) is 0. The third kappa shape index (κ3) is 4.85. The summed E-state index contributed by atoms with van der Waals surface area (Å²) in [7, 11) is 0. The lowest BCUT2D eigenvalue weighted by Crippen LogP contribution is -2.01. The molecule has 0 saturated carbocycles. The molecule has 0 atom stereocenters. The van der Waals surface area contributed by atoms with Crippen LogP contribution in [0.25, 0.3) is 0 Å². The van der Waals surface area contributed by atoms with Crippen molar-refractivity contribution in [2.75, 3.05) is 0 Å². The fourth-order valence-electron chi connectivity index (χ4n) is 3.10. The maximum absolute atomic E-state index is 3.37. The summed E-state index contributed by atoms with van der Waals surface area (Å²) in [4.78, 5) is 0. The Morgan fingerprint density at radius 3 is 2.04 bits per heavy atom. The first kappa shape index (κ1) is 17.1. The molecule has 0 radical (unpaired) electrons. The number of rotatable bonds is 5. The van der Waals surface area contributed by atoms with Gasteiger partial charge in [0.1, 0.15) is 0 Å². The van der Waals surface area contributed by atoms with Gasteiger partial charge >= 0.3 is 0 Å². The Labute approximate surface area is 151 Å². The fourth-order valence-corrected chi connectivity index (χ4v) is 3.10. The third-order valence-corrected chi connectivity index (χ3v) is 4.42. The van der Waals surface area contributed by atoms with Crippen molar-refractivity contribution in [1.29, 1.82) is 0 Å². The summed E-state index contributed by atoms with van der Waals surface area (Å²) in [6.07, 6.45) is 3.94. The van der Waals surface area contributed by atoms with Crippen LogP contribution in [0.4, 0.5) is 0 Å². The van der Waals surface area contributed by atoms with Crippen molar-refractivity contribution in [3.63, 3.8) is 0 Å². The average Bonchev–Trinajstić information content (AvgIpc) is 2.67. The molecule has 0 saturated heterocycles. The molecule has 0 bridgehead atoms. The van der Waals surface area contributed by atoms with Crippen molar-refractivity contribution in [3.05, 3.63) is 107 Å². The largest absolute Gasteiger partial charge is 0.0982 e. The second-order valence-corrected chi connectivity index (χ2v) is 6.25. The van der Waals surface area contributed by atoms with E-state index in [0.29, 0.717) is 0 Å². The van der Waals surface area contributed by atoms with Gasteiger partial charge in [0.15, 0.2) is 0 Å². The molecule has 0 aromatic heterocycles. The minimum atomic E-state index is 0.888. The van der Waals surface area contributed by atoms with Crippen LogP contribution in [0, 0.1) is 11.8 Å². The third-order valence-electron chi connectivity index (χ3n) is 4.42. The van der Waals surface area contributed by atoms with Crippen molar-refractivity contribution in [1.82, 2.24) is 0 Å². The molecule has 0 heterocycles. The van der Waals surface area contributed by atoms with Gasteiger partial charge in [0.25, 0.3) is 0 Å². The molecular weight excluding hydrogens is 300 g/mol. The smallest absolute Gasteiger partial charge is 0.0283 e. The Balaban J connectivity index is 1.90. The highest BCUT2D eigenvalue weighted by Gasteiger charge is 2.08. The first-order valence-corrected chi connectivity index (χ1v) is 9.04. The predicted molar refractivity (Wildman–Crippen MR) is 107 cm³/mol. The molecule has 0 aliphatic rings. The van der Waals surface area contributed by atoms with E-state index in [0.717, 1.165) is 25.7 Å². The van der Waals surface area contributed by atoms with Crippen molar-refractivity contribution in [2.24, 2.45) is 0 Å². The first-order chi connectivity index (χ1) is 12.4. The molecule has 0 amide bonds. The Hall–Kier alpha value is -2.78. The van der Waals surface area contributed by atoms with E-state index in [4.69, 9.17) is 0 Å². The molecular formula is C25H24. The summed E-state index contributed by atoms with van der Waals surface area (Å²) in [5.41, 5.74) is 6.70. The molecule has 0 N–H and O–H groups in total. The summed E-state index contributed by atoms with van der Waals surface area (Å²) in [5.74, 6) is 6.61. The van der Waals surface area contributed by atoms with Gasteiger partial charge < -0.3 is 0 Å². The van der Waals surface area contributed by atoms with Crippen LogP contribution in [-0.4, -0.2) is 0 Å². The van der Waals surface area contributed by atoms with Gasteiger partial charge in [0.05, 0.1) is 0 Å². The van der Waals surface area contributed by atoms with Crippen LogP contribution >= 0.6 is 0 Å². The summed E-state index contributed by atoms with van der Waals surface area (Å²) in [6, 6.07) is 28.0. The summed E-state index contributed by atoms with van der Waals surface area (Å²) >= 11 is 0. The highest BCUT2D eigenvalue weighted by molar-refractivity contribution is 5.48. The molecule has 0 aliphatic carbocycles. The van der Waals surface area contributed by atoms with E-state index in [1.807, 2.05) is 0 Å². The highest BCUT2D eigenvalue weighted by Crippen LogP contribution is 2.21. The lowest BCUT2D eigenvalue weighted by molar-refractivity contribution is 0.935. The topological polar surface area (TPSA) is 0 Å². The van der Waals surface area contributed by atoms with Gasteiger partial charge in [-0.1, -0.05) is 91.6 Å². The molecule has 124 valence electrons. The van der Waals surface area contributed by atoms with Gasteiger partial charge in [-0.3, -0.25) is 0 Å². The van der Waals surface area contributed by atoms with Crippen LogP contribution in [0.3, 0.4) is 0 Å². The van der Waals surface area contributed by atoms with Gasteiger partial charge in [-0.15, -0.1) is 0 Å². The molecule has 25 heavy (non-hydrogen) atoms. The lowest BCUT2D eigenvalue weighted by atomic mass is 9.91. The van der Waals surface area contributed by atoms with E-state index in [1.165, 1.54) is 27.8 Å². The Morgan fingerprint density at radius 1 is 0.680 bits per heavy atom. The van der Waals surface area contributed by atoms with Crippen molar-refractivity contribution in [2.45, 2.75) is 32.6 Å². The number of benzene rings is 3. The normalized spacial score (nSPS) is 10.1. The minimum Gasteiger partial charge on any atom is -0.0982 e. The molecule has 0 aliphatic heterocycles. The number of aryl methyl sites for hydroxylation is 2. The molecule has 0 heteroatoms. The van der Waals surface area contributed by atoms with Crippen molar-refractivity contribution >= 4 is 0 Å². The van der Waals surface area contributed by atoms with E-state index in [1.54, 1.807) is 0 Å². The molecule has 0 spiro atoms. The van der Waals surface area contributed by atoms with Gasteiger partial charge in [-0.25, -0.2) is 0 Å². The first-order valence-electron chi connectivity index (χ1n) is 9.04. The average molecular weight is 324 g/mol.